The molecule has 6 aliphatic rings. The molecule has 7 rings (SSSR count). The van der Waals surface area contributed by atoms with Crippen LogP contribution in [0.4, 0.5) is 4.39 Å². The molecule has 0 saturated heterocycles. The molecule has 1 aromatic carbocycles. The number of nitrogens with zero attached hydrogens (tertiary/aromatic N) is 2. The number of cyclic esters (lactones) is 1. The van der Waals surface area contributed by atoms with E-state index in [1.807, 2.05) is 0 Å². The molecule has 68 heavy (non-hydrogen) atoms. The van der Waals surface area contributed by atoms with Gasteiger partial charge in [-0.05, 0) is 79.0 Å². The lowest BCUT2D eigenvalue weighted by Gasteiger charge is -2.41. The van der Waals surface area contributed by atoms with Crippen LogP contribution < -0.4 is 31.9 Å². The molecule has 0 saturated carbocycles. The maximum Gasteiger partial charge on any atom is 0.339 e. The third-order valence-electron chi connectivity index (χ3n) is 12.7. The fourth-order valence-electron chi connectivity index (χ4n) is 8.98. The lowest BCUT2D eigenvalue weighted by Crippen LogP contribution is -2.53. The van der Waals surface area contributed by atoms with Gasteiger partial charge in [-0.15, -0.1) is 0 Å². The Morgan fingerprint density at radius 1 is 0.882 bits per heavy atom. The highest BCUT2D eigenvalue weighted by atomic mass is 19.1. The van der Waals surface area contributed by atoms with Crippen molar-refractivity contribution in [1.82, 2.24) is 41.7 Å². The summed E-state index contributed by atoms with van der Waals surface area (Å²) in [6.45, 7) is 5.85. The number of aliphatic hydroxyl groups excluding tert-OH is 1. The van der Waals surface area contributed by atoms with Crippen LogP contribution in [-0.4, -0.2) is 132 Å². The molecular weight excluding hydrogens is 884 g/mol. The van der Waals surface area contributed by atoms with E-state index in [9.17, 15) is 48.3 Å². The summed E-state index contributed by atoms with van der Waals surface area (Å²) in [5, 5.41) is 26.8. The fourth-order valence-corrected chi connectivity index (χ4v) is 8.98. The van der Waals surface area contributed by atoms with E-state index in [1.165, 1.54) is 30.1 Å². The largest absolute Gasteiger partial charge is 0.458 e. The quantitative estimate of drug-likeness (QED) is 0.0589. The van der Waals surface area contributed by atoms with Gasteiger partial charge in [0.1, 0.15) is 18.5 Å². The van der Waals surface area contributed by atoms with Crippen LogP contribution in [0.15, 0.2) is 111 Å². The second kappa shape index (κ2) is 21.0. The number of aliphatic hydroxyl groups is 1. The highest BCUT2D eigenvalue weighted by Crippen LogP contribution is 2.48. The Morgan fingerprint density at radius 2 is 1.57 bits per heavy atom. The fraction of sp³-hybridized carbons (Fsp3) is 0.396. The second-order valence-electron chi connectivity index (χ2n) is 17.1. The van der Waals surface area contributed by atoms with Crippen molar-refractivity contribution in [2.75, 3.05) is 39.3 Å². The van der Waals surface area contributed by atoms with Crippen LogP contribution in [0.5, 0.6) is 0 Å². The zero-order valence-corrected chi connectivity index (χ0v) is 37.6. The van der Waals surface area contributed by atoms with Gasteiger partial charge in [-0.3, -0.25) is 43.3 Å². The minimum Gasteiger partial charge on any atom is -0.458 e. The number of nitrogens with one attached hydrogen (secondary N) is 6. The summed E-state index contributed by atoms with van der Waals surface area (Å²) in [6.07, 6.45) is 4.77. The number of rotatable bonds is 18. The van der Waals surface area contributed by atoms with Gasteiger partial charge in [0, 0.05) is 37.1 Å². The molecule has 0 radical (unpaired) electrons. The lowest BCUT2D eigenvalue weighted by atomic mass is 9.72. The average Bonchev–Trinajstić information content (AvgIpc) is 3.83. The third kappa shape index (κ3) is 10.7. The number of allylic oxidation sites excluding steroid dienone is 2. The molecule has 20 heteroatoms. The molecule has 358 valence electrons. The van der Waals surface area contributed by atoms with Crippen LogP contribution >= 0.6 is 0 Å². The third-order valence-corrected chi connectivity index (χ3v) is 12.7. The van der Waals surface area contributed by atoms with E-state index in [0.29, 0.717) is 60.1 Å². The minimum absolute atomic E-state index is 0.0126. The van der Waals surface area contributed by atoms with E-state index in [1.54, 1.807) is 37.3 Å². The van der Waals surface area contributed by atoms with Crippen molar-refractivity contribution in [2.45, 2.75) is 83.0 Å². The number of fused-ring (bicyclic) bond motifs is 1. The molecule has 0 aromatic heterocycles. The summed E-state index contributed by atoms with van der Waals surface area (Å²) in [5.41, 5.74) is 5.04. The Labute approximate surface area is 390 Å². The van der Waals surface area contributed by atoms with E-state index < -0.39 is 91.1 Å². The molecule has 0 bridgehead atoms. The Morgan fingerprint density at radius 3 is 2.31 bits per heavy atom. The average molecular weight is 937 g/mol. The van der Waals surface area contributed by atoms with Crippen molar-refractivity contribution >= 4 is 53.2 Å². The number of esters is 1. The summed E-state index contributed by atoms with van der Waals surface area (Å²) in [7, 11) is 0. The number of ether oxygens (including phenoxy) is 1. The molecule has 1 aromatic rings. The van der Waals surface area contributed by atoms with Gasteiger partial charge in [0.25, 0.3) is 17.7 Å². The van der Waals surface area contributed by atoms with Gasteiger partial charge >= 0.3 is 5.97 Å². The highest BCUT2D eigenvalue weighted by molar-refractivity contribution is 6.12. The first-order chi connectivity index (χ1) is 32.5. The molecular formula is C48H53FN8O11. The molecule has 2 unspecified atom stereocenters. The predicted molar refractivity (Wildman–Crippen MR) is 240 cm³/mol. The van der Waals surface area contributed by atoms with Gasteiger partial charge in [-0.1, -0.05) is 43.3 Å². The topological polar surface area (TPSA) is 262 Å². The monoisotopic (exact) mass is 936 g/mol. The Bertz CT molecular complexity index is 2540. The Hall–Kier alpha value is -7.48. The van der Waals surface area contributed by atoms with Crippen molar-refractivity contribution in [3.05, 3.63) is 117 Å². The summed E-state index contributed by atoms with van der Waals surface area (Å²) in [5.74, 6) is -5.52. The number of benzene rings is 1. The van der Waals surface area contributed by atoms with Crippen LogP contribution in [0.25, 0.3) is 0 Å². The summed E-state index contributed by atoms with van der Waals surface area (Å²) in [6, 6.07) is 6.40. The predicted octanol–water partition coefficient (Wildman–Crippen LogP) is 0.123. The number of carbonyl (C=O) groups is 9. The van der Waals surface area contributed by atoms with E-state index in [0.717, 1.165) is 16.0 Å². The maximum atomic E-state index is 15.3. The molecule has 8 amide bonds. The smallest absolute Gasteiger partial charge is 0.339 e. The number of hydrogen-bond donors (Lipinski definition) is 7. The second-order valence-corrected chi connectivity index (χ2v) is 17.1. The van der Waals surface area contributed by atoms with Crippen molar-refractivity contribution in [3.63, 3.8) is 0 Å². The molecule has 19 nitrogen and oxygen atoms in total. The first-order valence-electron chi connectivity index (χ1n) is 22.4. The van der Waals surface area contributed by atoms with E-state index in [-0.39, 0.29) is 61.2 Å². The molecule has 0 spiro atoms. The molecule has 4 aliphatic heterocycles. The van der Waals surface area contributed by atoms with Crippen molar-refractivity contribution < 1.29 is 57.4 Å². The minimum atomic E-state index is -1.59. The van der Waals surface area contributed by atoms with Gasteiger partial charge < -0.3 is 46.6 Å². The Balaban J connectivity index is 0.938. The van der Waals surface area contributed by atoms with Gasteiger partial charge in [0.15, 0.2) is 6.10 Å². The summed E-state index contributed by atoms with van der Waals surface area (Å²) >= 11 is 0. The summed E-state index contributed by atoms with van der Waals surface area (Å²) < 4.78 is 20.4. The lowest BCUT2D eigenvalue weighted by molar-refractivity contribution is -0.152. The zero-order chi connectivity index (χ0) is 48.8. The number of unbranched alkanes of at least 4 members (excludes halogenated alkanes) is 2. The number of hydrogen-bond acceptors (Lipinski definition) is 12. The molecule has 7 N–H and O–H groups in total. The number of amides is 8. The van der Waals surface area contributed by atoms with E-state index in [2.05, 4.69) is 38.5 Å². The summed E-state index contributed by atoms with van der Waals surface area (Å²) in [4.78, 5) is 117. The number of dihydropyridines is 1. The zero-order valence-electron chi connectivity index (χ0n) is 37.6. The first-order valence-corrected chi connectivity index (χ1v) is 22.4. The van der Waals surface area contributed by atoms with Crippen LogP contribution in [0.3, 0.4) is 0 Å². The molecule has 0 fully saturated rings. The number of imide groups is 1. The highest BCUT2D eigenvalue weighted by Gasteiger charge is 2.45. The van der Waals surface area contributed by atoms with Crippen LogP contribution in [0.2, 0.25) is 0 Å². The number of halogens is 1. The first kappa shape index (κ1) is 48.5. The Kier molecular flexibility index (Phi) is 15.0. The molecule has 4 heterocycles. The van der Waals surface area contributed by atoms with Gasteiger partial charge in [-0.2, -0.15) is 0 Å². The van der Waals surface area contributed by atoms with Crippen molar-refractivity contribution in [3.8, 4) is 0 Å². The van der Waals surface area contributed by atoms with Crippen LogP contribution in [0.1, 0.15) is 57.9 Å². The van der Waals surface area contributed by atoms with E-state index in [4.69, 9.17) is 4.74 Å². The SMILES string of the molecule is C=C1C2=C(CN1C(=O)C1=C(C)C(O)C(=O)OC1)C1=C3C(=C(C)C(F)=CC3N2)CC[C@@H]1NC(=O)CNC(=O)[C@H](Cc1ccccc1)NC(=O)CNC(=O)CNC(=O)CCCCCN1C(=O)C=CC1=O. The molecule has 4 atom stereocenters. The molecule has 2 aliphatic carbocycles. The van der Waals surface area contributed by atoms with Gasteiger partial charge in [0.2, 0.25) is 29.5 Å². The van der Waals surface area contributed by atoms with Crippen LogP contribution in [0, 0.1) is 0 Å². The van der Waals surface area contributed by atoms with Gasteiger partial charge in [-0.25, -0.2) is 9.18 Å². The van der Waals surface area contributed by atoms with Crippen molar-refractivity contribution in [1.29, 1.82) is 0 Å². The van der Waals surface area contributed by atoms with E-state index >= 15 is 4.39 Å². The number of carbonyl (C=O) groups excluding carboxylic acids is 9. The van der Waals surface area contributed by atoms with Gasteiger partial charge in [0.05, 0.1) is 55.2 Å². The normalized spacial score (nSPS) is 21.2. The standard InChI is InChI=1S/C48H53FN8O11/c1-25-29-13-14-33(43-30-23-57(47(66)31-24-68-48(67)45(64)26(31)2)27(3)44(30)55-34(42(29)43)19-32(25)49)53-39(61)22-52-46(65)35(18-28-10-6-4-7-11-28)54-38(60)21-51-37(59)20-50-36(58)12-8-5-9-17-56-40(62)15-16-41(56)63/h4,6-7,10-11,15-16,19,33-35,45,55,64H,3,5,8-9,12-14,17-18,20-24H2,1-2H3,(H,50,58)(H,51,59)(H,52,65)(H,53,61)(H,54,60)/t33-,34?,35-,45?/m0/s1. The van der Waals surface area contributed by atoms with Crippen molar-refractivity contribution in [2.24, 2.45) is 0 Å². The van der Waals surface area contributed by atoms with Crippen LogP contribution in [-0.2, 0) is 54.3 Å². The maximum absolute atomic E-state index is 15.3.